The molecule has 0 radical (unpaired) electrons. The van der Waals surface area contributed by atoms with Crippen LogP contribution >= 0.6 is 0 Å². The molecule has 0 aliphatic carbocycles. The average molecular weight is 313 g/mol. The number of hydrogen-bond donors (Lipinski definition) is 1. The van der Waals surface area contributed by atoms with Crippen molar-refractivity contribution in [1.29, 1.82) is 0 Å². The zero-order valence-electron chi connectivity index (χ0n) is 13.7. The molecule has 2 bridgehead atoms. The maximum atomic E-state index is 5.46. The van der Waals surface area contributed by atoms with E-state index in [4.69, 9.17) is 4.74 Å². The Bertz CT molecular complexity index is 650. The summed E-state index contributed by atoms with van der Waals surface area (Å²) in [7, 11) is 1.82. The van der Waals surface area contributed by atoms with Crippen LogP contribution in [-0.2, 0) is 11.3 Å². The largest absolute Gasteiger partial charge is 0.378 e. The van der Waals surface area contributed by atoms with Gasteiger partial charge in [0, 0.05) is 38.6 Å². The third kappa shape index (κ3) is 2.43. The summed E-state index contributed by atoms with van der Waals surface area (Å²) in [5.74, 6) is 0. The van der Waals surface area contributed by atoms with E-state index in [9.17, 15) is 0 Å². The van der Waals surface area contributed by atoms with Gasteiger partial charge in [-0.15, -0.1) is 0 Å². The molecule has 4 heterocycles. The van der Waals surface area contributed by atoms with E-state index in [-0.39, 0.29) is 0 Å². The number of nitrogens with zero attached hydrogens (tertiary/aromatic N) is 4. The molecule has 6 heteroatoms. The molecule has 1 N–H and O–H groups in total. The number of hydrogen-bond acceptors (Lipinski definition) is 5. The molecular formula is C17H23N5O. The molecule has 23 heavy (non-hydrogen) atoms. The summed E-state index contributed by atoms with van der Waals surface area (Å²) in [6, 6.07) is 7.19. The maximum Gasteiger partial charge on any atom is 0.120 e. The van der Waals surface area contributed by atoms with Crippen LogP contribution in [0.25, 0.3) is 0 Å². The van der Waals surface area contributed by atoms with Crippen molar-refractivity contribution in [2.24, 2.45) is 5.10 Å². The van der Waals surface area contributed by atoms with Crippen molar-refractivity contribution in [2.75, 3.05) is 43.2 Å². The number of nitrogens with one attached hydrogen (secondary N) is 1. The van der Waals surface area contributed by atoms with E-state index in [0.717, 1.165) is 32.8 Å². The predicted octanol–water partition coefficient (Wildman–Crippen LogP) is 1.55. The molecule has 1 aromatic rings. The minimum atomic E-state index is 0.428. The third-order valence-corrected chi connectivity index (χ3v) is 4.86. The van der Waals surface area contributed by atoms with Gasteiger partial charge in [-0.3, -0.25) is 4.90 Å². The van der Waals surface area contributed by atoms with E-state index >= 15 is 0 Å². The van der Waals surface area contributed by atoms with Crippen LogP contribution in [0.1, 0.15) is 12.5 Å². The van der Waals surface area contributed by atoms with Crippen molar-refractivity contribution in [3.63, 3.8) is 0 Å². The average Bonchev–Trinajstić information content (AvgIpc) is 2.83. The van der Waals surface area contributed by atoms with Crippen LogP contribution in [0.4, 0.5) is 11.4 Å². The standard InChI is InChI=1S/C17H23N5O/c1-13-17-11-21(13)10-14-9-15(20-5-7-23-8-6-20)3-4-16(14)22(17)12-19-18-2/h3-4,9,11-13,18H,5-8,10H2,1-2H3/b19-12-. The van der Waals surface area contributed by atoms with E-state index in [0.29, 0.717) is 6.04 Å². The molecule has 0 spiro atoms. The summed E-state index contributed by atoms with van der Waals surface area (Å²) in [6.45, 7) is 6.74. The minimum absolute atomic E-state index is 0.428. The van der Waals surface area contributed by atoms with Gasteiger partial charge in [-0.1, -0.05) is 0 Å². The molecule has 0 aromatic heterocycles. The fourth-order valence-corrected chi connectivity index (χ4v) is 3.46. The predicted molar refractivity (Wildman–Crippen MR) is 92.6 cm³/mol. The molecule has 1 fully saturated rings. The van der Waals surface area contributed by atoms with Crippen molar-refractivity contribution >= 4 is 17.7 Å². The summed E-state index contributed by atoms with van der Waals surface area (Å²) in [6.07, 6.45) is 4.10. The van der Waals surface area contributed by atoms with E-state index < -0.39 is 0 Å². The monoisotopic (exact) mass is 313 g/mol. The molecule has 1 aromatic carbocycles. The SMILES string of the molecule is CN/N=C\N1C2=CN(Cc3cc(N4CCOCC4)ccc31)C2C. The van der Waals surface area contributed by atoms with Crippen LogP contribution in [-0.4, -0.2) is 50.6 Å². The van der Waals surface area contributed by atoms with Gasteiger partial charge in [0.05, 0.1) is 30.6 Å². The Hall–Kier alpha value is -2.21. The molecule has 1 unspecified atom stereocenters. The molecule has 122 valence electrons. The van der Waals surface area contributed by atoms with Crippen LogP contribution in [0.3, 0.4) is 0 Å². The quantitative estimate of drug-likeness (QED) is 0.521. The first-order chi connectivity index (χ1) is 11.3. The van der Waals surface area contributed by atoms with Crippen LogP contribution in [0.2, 0.25) is 0 Å². The highest BCUT2D eigenvalue weighted by molar-refractivity contribution is 5.87. The van der Waals surface area contributed by atoms with Gasteiger partial charge in [-0.25, -0.2) is 0 Å². The molecule has 4 aliphatic rings. The van der Waals surface area contributed by atoms with Gasteiger partial charge < -0.3 is 20.0 Å². The van der Waals surface area contributed by atoms with Crippen molar-refractivity contribution in [1.82, 2.24) is 10.3 Å². The number of anilines is 2. The highest BCUT2D eigenvalue weighted by Gasteiger charge is 2.35. The summed E-state index contributed by atoms with van der Waals surface area (Å²) in [4.78, 5) is 6.98. The number of benzene rings is 1. The lowest BCUT2D eigenvalue weighted by Crippen LogP contribution is -2.43. The van der Waals surface area contributed by atoms with Gasteiger partial charge in [-0.2, -0.15) is 5.10 Å². The number of morpholine rings is 1. The molecular weight excluding hydrogens is 290 g/mol. The van der Waals surface area contributed by atoms with Gasteiger partial charge in [0.1, 0.15) is 6.34 Å². The Kier molecular flexibility index (Phi) is 3.61. The Labute approximate surface area is 137 Å². The zero-order valence-corrected chi connectivity index (χ0v) is 13.7. The Morgan fingerprint density at radius 2 is 2.13 bits per heavy atom. The zero-order chi connectivity index (χ0) is 15.8. The fraction of sp³-hybridized carbons (Fsp3) is 0.471. The molecule has 1 atom stereocenters. The lowest BCUT2D eigenvalue weighted by atomic mass is 10.1. The molecule has 1 saturated heterocycles. The summed E-state index contributed by atoms with van der Waals surface area (Å²) >= 11 is 0. The first-order valence-corrected chi connectivity index (χ1v) is 8.20. The number of ether oxygens (including phenoxy) is 1. The lowest BCUT2D eigenvalue weighted by molar-refractivity contribution is 0.122. The number of rotatable bonds is 3. The van der Waals surface area contributed by atoms with E-state index in [1.165, 1.54) is 22.6 Å². The second-order valence-electron chi connectivity index (χ2n) is 6.15. The topological polar surface area (TPSA) is 43.3 Å². The first kappa shape index (κ1) is 14.4. The summed E-state index contributed by atoms with van der Waals surface area (Å²) < 4.78 is 5.46. The normalized spacial score (nSPS) is 23.3. The summed E-state index contributed by atoms with van der Waals surface area (Å²) in [5.41, 5.74) is 7.99. The Morgan fingerprint density at radius 1 is 1.30 bits per heavy atom. The third-order valence-electron chi connectivity index (χ3n) is 4.86. The van der Waals surface area contributed by atoms with Crippen molar-refractivity contribution in [2.45, 2.75) is 19.5 Å². The van der Waals surface area contributed by atoms with Crippen LogP contribution in [0.15, 0.2) is 35.2 Å². The van der Waals surface area contributed by atoms with Crippen LogP contribution in [0, 0.1) is 0 Å². The van der Waals surface area contributed by atoms with Crippen LogP contribution < -0.4 is 15.2 Å². The van der Waals surface area contributed by atoms with Gasteiger partial charge in [0.25, 0.3) is 0 Å². The minimum Gasteiger partial charge on any atom is -0.378 e. The van der Waals surface area contributed by atoms with Crippen molar-refractivity contribution < 1.29 is 4.74 Å². The van der Waals surface area contributed by atoms with Gasteiger partial charge in [0.2, 0.25) is 0 Å². The molecule has 0 saturated carbocycles. The van der Waals surface area contributed by atoms with E-state index in [1.807, 2.05) is 13.4 Å². The van der Waals surface area contributed by atoms with Crippen molar-refractivity contribution in [3.05, 3.63) is 35.7 Å². The molecule has 6 nitrogen and oxygen atoms in total. The lowest BCUT2D eigenvalue weighted by Gasteiger charge is -2.39. The van der Waals surface area contributed by atoms with Crippen molar-refractivity contribution in [3.8, 4) is 0 Å². The number of hydrazone groups is 1. The molecule has 5 rings (SSSR count). The van der Waals surface area contributed by atoms with Gasteiger partial charge in [0.15, 0.2) is 0 Å². The Balaban J connectivity index is 1.69. The highest BCUT2D eigenvalue weighted by Crippen LogP contribution is 2.39. The molecule has 0 amide bonds. The van der Waals surface area contributed by atoms with Gasteiger partial charge >= 0.3 is 0 Å². The molecule has 4 aliphatic heterocycles. The van der Waals surface area contributed by atoms with E-state index in [2.05, 4.69) is 56.5 Å². The second kappa shape index (κ2) is 5.77. The van der Waals surface area contributed by atoms with Crippen LogP contribution in [0.5, 0.6) is 0 Å². The van der Waals surface area contributed by atoms with E-state index in [1.54, 1.807) is 0 Å². The van der Waals surface area contributed by atoms with Gasteiger partial charge in [-0.05, 0) is 30.7 Å². The first-order valence-electron chi connectivity index (χ1n) is 8.20. The summed E-state index contributed by atoms with van der Waals surface area (Å²) in [5, 5.41) is 4.22. The maximum absolute atomic E-state index is 5.46. The Morgan fingerprint density at radius 3 is 2.87 bits per heavy atom. The fourth-order valence-electron chi connectivity index (χ4n) is 3.46. The smallest absolute Gasteiger partial charge is 0.120 e. The second-order valence-corrected chi connectivity index (χ2v) is 6.15. The highest BCUT2D eigenvalue weighted by atomic mass is 16.5.